The normalized spacial score (nSPS) is 14.6. The van der Waals surface area contributed by atoms with Crippen LogP contribution in [0, 0.1) is 0 Å². The summed E-state index contributed by atoms with van der Waals surface area (Å²) in [4.78, 5) is 17.5. The Labute approximate surface area is 150 Å². The average Bonchev–Trinajstić information content (AvgIpc) is 3.04. The molecule has 0 saturated carbocycles. The smallest absolute Gasteiger partial charge is 0.261 e. The van der Waals surface area contributed by atoms with E-state index in [2.05, 4.69) is 0 Å². The van der Waals surface area contributed by atoms with Gasteiger partial charge in [0.15, 0.2) is 11.5 Å². The number of fused-ring (bicyclic) bond motifs is 2. The van der Waals surface area contributed by atoms with Crippen molar-refractivity contribution in [2.24, 2.45) is 0 Å². The fraction of sp³-hybridized carbons (Fsp3) is 0.200. The molecule has 3 aromatic rings. The van der Waals surface area contributed by atoms with E-state index in [-0.39, 0.29) is 5.56 Å². The summed E-state index contributed by atoms with van der Waals surface area (Å²) in [7, 11) is 3.22. The van der Waals surface area contributed by atoms with Crippen LogP contribution in [-0.4, -0.2) is 23.8 Å². The third-order valence-electron chi connectivity index (χ3n) is 4.63. The summed E-state index contributed by atoms with van der Waals surface area (Å²) in [5.41, 5.74) is 8.90. The van der Waals surface area contributed by atoms with Crippen molar-refractivity contribution in [3.05, 3.63) is 58.1 Å². The van der Waals surface area contributed by atoms with Crippen LogP contribution in [0.4, 0.5) is 5.69 Å². The highest BCUT2D eigenvalue weighted by Gasteiger charge is 2.21. The molecular formula is C20H19N3O3. The zero-order chi connectivity index (χ0) is 18.3. The van der Waals surface area contributed by atoms with E-state index < -0.39 is 0 Å². The lowest BCUT2D eigenvalue weighted by molar-refractivity contribution is 0.354. The number of nitrogens with two attached hydrogens (primary N) is 1. The Morgan fingerprint density at radius 3 is 2.81 bits per heavy atom. The Morgan fingerprint density at radius 1 is 1.19 bits per heavy atom. The van der Waals surface area contributed by atoms with Gasteiger partial charge in [0, 0.05) is 17.8 Å². The van der Waals surface area contributed by atoms with E-state index in [9.17, 15) is 4.79 Å². The molecule has 1 aliphatic rings. The molecule has 4 rings (SSSR count). The molecule has 6 heteroatoms. The fourth-order valence-electron chi connectivity index (χ4n) is 3.38. The maximum absolute atomic E-state index is 12.8. The maximum atomic E-state index is 12.8. The first kappa shape index (κ1) is 16.2. The van der Waals surface area contributed by atoms with Gasteiger partial charge in [0.05, 0.1) is 25.1 Å². The summed E-state index contributed by atoms with van der Waals surface area (Å²) in [5, 5.41) is 0.586. The van der Waals surface area contributed by atoms with Crippen LogP contribution in [0.15, 0.2) is 41.2 Å². The molecule has 2 heterocycles. The molecule has 0 unspecified atom stereocenters. The van der Waals surface area contributed by atoms with Gasteiger partial charge in [0.2, 0.25) is 0 Å². The monoisotopic (exact) mass is 349 g/mol. The molecule has 6 nitrogen and oxygen atoms in total. The van der Waals surface area contributed by atoms with Gasteiger partial charge in [-0.3, -0.25) is 9.36 Å². The van der Waals surface area contributed by atoms with Crippen LogP contribution < -0.4 is 20.8 Å². The zero-order valence-corrected chi connectivity index (χ0v) is 14.7. The number of anilines is 1. The molecule has 0 amide bonds. The molecule has 132 valence electrons. The second-order valence-electron chi connectivity index (χ2n) is 6.17. The molecule has 26 heavy (non-hydrogen) atoms. The molecule has 0 bridgehead atoms. The number of hydrogen-bond acceptors (Lipinski definition) is 5. The van der Waals surface area contributed by atoms with Crippen molar-refractivity contribution >= 4 is 28.2 Å². The molecule has 0 radical (unpaired) electrons. The summed E-state index contributed by atoms with van der Waals surface area (Å²) in [6.45, 7) is 0.611. The number of hydrogen-bond donors (Lipinski definition) is 1. The first-order valence-electron chi connectivity index (χ1n) is 8.34. The van der Waals surface area contributed by atoms with Crippen LogP contribution in [0.2, 0.25) is 0 Å². The van der Waals surface area contributed by atoms with Crippen LogP contribution in [0.5, 0.6) is 11.5 Å². The molecule has 0 fully saturated rings. The van der Waals surface area contributed by atoms with Crippen molar-refractivity contribution in [3.8, 4) is 11.5 Å². The summed E-state index contributed by atoms with van der Waals surface area (Å²) >= 11 is 0. The number of ether oxygens (including phenoxy) is 2. The molecule has 1 aromatic heterocycles. The first-order valence-corrected chi connectivity index (χ1v) is 8.34. The van der Waals surface area contributed by atoms with Crippen LogP contribution in [0.1, 0.15) is 17.8 Å². The van der Waals surface area contributed by atoms with E-state index in [1.165, 1.54) is 0 Å². The first-order chi connectivity index (χ1) is 12.6. The van der Waals surface area contributed by atoms with Gasteiger partial charge in [-0.05, 0) is 42.3 Å². The lowest BCUT2D eigenvalue weighted by Gasteiger charge is -2.11. The van der Waals surface area contributed by atoms with Gasteiger partial charge in [-0.2, -0.15) is 0 Å². The highest BCUT2D eigenvalue weighted by molar-refractivity contribution is 5.87. The highest BCUT2D eigenvalue weighted by Crippen LogP contribution is 2.35. The van der Waals surface area contributed by atoms with E-state index >= 15 is 0 Å². The van der Waals surface area contributed by atoms with Gasteiger partial charge in [-0.25, -0.2) is 4.98 Å². The lowest BCUT2D eigenvalue weighted by atomic mass is 10.1. The Morgan fingerprint density at radius 2 is 2.04 bits per heavy atom. The minimum Gasteiger partial charge on any atom is -0.493 e. The summed E-state index contributed by atoms with van der Waals surface area (Å²) in [5.74, 6) is 2.00. The third kappa shape index (κ3) is 2.50. The Kier molecular flexibility index (Phi) is 3.88. The number of para-hydroxylation sites is 1. The number of allylic oxidation sites excluding steroid dienone is 1. The second-order valence-corrected chi connectivity index (χ2v) is 6.17. The number of rotatable bonds is 3. The summed E-state index contributed by atoms with van der Waals surface area (Å²) in [6.07, 6.45) is 2.74. The summed E-state index contributed by atoms with van der Waals surface area (Å²) in [6, 6.07) is 10.9. The van der Waals surface area contributed by atoms with Gasteiger partial charge < -0.3 is 15.2 Å². The van der Waals surface area contributed by atoms with E-state index in [1.807, 2.05) is 24.3 Å². The van der Waals surface area contributed by atoms with Crippen molar-refractivity contribution < 1.29 is 9.47 Å². The van der Waals surface area contributed by atoms with E-state index in [0.717, 1.165) is 17.6 Å². The van der Waals surface area contributed by atoms with E-state index in [1.54, 1.807) is 37.0 Å². The molecule has 2 aromatic carbocycles. The minimum atomic E-state index is -0.0361. The number of aromatic nitrogens is 2. The van der Waals surface area contributed by atoms with Crippen LogP contribution in [-0.2, 0) is 6.54 Å². The molecule has 2 N–H and O–H groups in total. The second kappa shape index (κ2) is 6.22. The van der Waals surface area contributed by atoms with Crippen LogP contribution >= 0.6 is 0 Å². The molecule has 0 aliphatic carbocycles. The maximum Gasteiger partial charge on any atom is 0.261 e. The molecular weight excluding hydrogens is 330 g/mol. The standard InChI is InChI=1S/C20H19N3O3/c1-25-17-5-3-4-12(18(17)26-2)10-13-8-9-23-19(13)22-16-11-14(21)6-7-15(16)20(23)24/h3-7,10-11H,8-9,21H2,1-2H3. The fourth-order valence-corrected chi connectivity index (χ4v) is 3.38. The predicted molar refractivity (Wildman–Crippen MR) is 102 cm³/mol. The topological polar surface area (TPSA) is 79.4 Å². The quantitative estimate of drug-likeness (QED) is 0.736. The third-order valence-corrected chi connectivity index (χ3v) is 4.63. The number of methoxy groups -OCH3 is 2. The summed E-state index contributed by atoms with van der Waals surface area (Å²) < 4.78 is 12.6. The van der Waals surface area contributed by atoms with Crippen LogP contribution in [0.3, 0.4) is 0 Å². The van der Waals surface area contributed by atoms with E-state index in [0.29, 0.717) is 40.5 Å². The number of benzene rings is 2. The van der Waals surface area contributed by atoms with Gasteiger partial charge >= 0.3 is 0 Å². The Hall–Kier alpha value is -3.28. The largest absolute Gasteiger partial charge is 0.493 e. The van der Waals surface area contributed by atoms with Crippen LogP contribution in [0.25, 0.3) is 22.6 Å². The van der Waals surface area contributed by atoms with Gasteiger partial charge in [0.1, 0.15) is 5.82 Å². The molecule has 0 spiro atoms. The SMILES string of the molecule is COc1cccc(C=C2CCn3c2nc2cc(N)ccc2c3=O)c1OC. The Bertz CT molecular complexity index is 1100. The Balaban J connectivity index is 1.90. The van der Waals surface area contributed by atoms with Gasteiger partial charge in [-0.1, -0.05) is 12.1 Å². The molecule has 0 saturated heterocycles. The average molecular weight is 349 g/mol. The lowest BCUT2D eigenvalue weighted by Crippen LogP contribution is -2.20. The number of nitrogens with zero attached hydrogens (tertiary/aromatic N) is 2. The van der Waals surface area contributed by atoms with E-state index in [4.69, 9.17) is 20.2 Å². The zero-order valence-electron chi connectivity index (χ0n) is 14.7. The predicted octanol–water partition coefficient (Wildman–Crippen LogP) is 2.94. The van der Waals surface area contributed by atoms with Crippen molar-refractivity contribution in [2.45, 2.75) is 13.0 Å². The van der Waals surface area contributed by atoms with Crippen molar-refractivity contribution in [3.63, 3.8) is 0 Å². The number of nitrogen functional groups attached to an aromatic ring is 1. The van der Waals surface area contributed by atoms with Gasteiger partial charge in [0.25, 0.3) is 5.56 Å². The van der Waals surface area contributed by atoms with Crippen molar-refractivity contribution in [1.82, 2.24) is 9.55 Å². The van der Waals surface area contributed by atoms with Gasteiger partial charge in [-0.15, -0.1) is 0 Å². The minimum absolute atomic E-state index is 0.0361. The molecule has 0 atom stereocenters. The van der Waals surface area contributed by atoms with Crippen molar-refractivity contribution in [1.29, 1.82) is 0 Å². The van der Waals surface area contributed by atoms with Crippen molar-refractivity contribution in [2.75, 3.05) is 20.0 Å². The molecule has 1 aliphatic heterocycles. The highest BCUT2D eigenvalue weighted by atomic mass is 16.5.